The standard InChI is InChI=1S/C22H32O3/c1-5-6-7-8-15-11-18(24)21-19(12-15)25-22(3,4)17-10-9-14(2)16(13-23)20(17)21/h11-12,17,20,23-24H,5-10,13H2,1-4H3/t17-,20-/m1/s1. The lowest BCUT2D eigenvalue weighted by atomic mass is 9.64. The molecule has 0 fully saturated rings. The van der Waals surface area contributed by atoms with Crippen molar-refractivity contribution < 1.29 is 14.9 Å². The summed E-state index contributed by atoms with van der Waals surface area (Å²) in [6.45, 7) is 8.65. The van der Waals surface area contributed by atoms with E-state index in [4.69, 9.17) is 4.74 Å². The Hall–Kier alpha value is -1.48. The normalized spacial score (nSPS) is 24.5. The maximum Gasteiger partial charge on any atom is 0.127 e. The highest BCUT2D eigenvalue weighted by atomic mass is 16.5. The summed E-state index contributed by atoms with van der Waals surface area (Å²) >= 11 is 0. The van der Waals surface area contributed by atoms with Gasteiger partial charge in [0.1, 0.15) is 17.1 Å². The molecule has 0 unspecified atom stereocenters. The minimum atomic E-state index is -0.298. The van der Waals surface area contributed by atoms with Crippen LogP contribution in [0, 0.1) is 5.92 Å². The molecule has 2 atom stereocenters. The highest BCUT2D eigenvalue weighted by Gasteiger charge is 2.47. The van der Waals surface area contributed by atoms with Crippen molar-refractivity contribution in [3.63, 3.8) is 0 Å². The number of fused-ring (bicyclic) bond motifs is 3. The highest BCUT2D eigenvalue weighted by molar-refractivity contribution is 5.55. The molecule has 2 N–H and O–H groups in total. The Balaban J connectivity index is 2.06. The number of unbranched alkanes of at least 4 members (excludes halogenated alkanes) is 2. The third-order valence-corrected chi connectivity index (χ3v) is 6.15. The van der Waals surface area contributed by atoms with E-state index >= 15 is 0 Å². The molecular formula is C22H32O3. The molecule has 3 heteroatoms. The number of aliphatic hydroxyl groups excluding tert-OH is 1. The van der Waals surface area contributed by atoms with Crippen LogP contribution in [0.1, 0.15) is 76.8 Å². The number of phenolic OH excluding ortho intramolecular Hbond substituents is 1. The lowest BCUT2D eigenvalue weighted by Crippen LogP contribution is -2.46. The van der Waals surface area contributed by atoms with Gasteiger partial charge in [-0.1, -0.05) is 25.3 Å². The fourth-order valence-corrected chi connectivity index (χ4v) is 4.71. The van der Waals surface area contributed by atoms with Crippen molar-refractivity contribution in [3.8, 4) is 11.5 Å². The van der Waals surface area contributed by atoms with Crippen LogP contribution in [0.3, 0.4) is 0 Å². The van der Waals surface area contributed by atoms with Gasteiger partial charge in [-0.3, -0.25) is 0 Å². The van der Waals surface area contributed by atoms with Crippen LogP contribution < -0.4 is 4.74 Å². The van der Waals surface area contributed by atoms with Crippen molar-refractivity contribution in [2.24, 2.45) is 5.92 Å². The Morgan fingerprint density at radius 1 is 1.24 bits per heavy atom. The molecule has 0 amide bonds. The minimum Gasteiger partial charge on any atom is -0.507 e. The van der Waals surface area contributed by atoms with E-state index in [0.29, 0.717) is 5.75 Å². The Bertz CT molecular complexity index is 672. The topological polar surface area (TPSA) is 49.7 Å². The second-order valence-electron chi connectivity index (χ2n) is 8.28. The van der Waals surface area contributed by atoms with E-state index < -0.39 is 0 Å². The average molecular weight is 344 g/mol. The molecule has 1 aromatic rings. The third-order valence-electron chi connectivity index (χ3n) is 6.15. The SMILES string of the molecule is CCCCCc1cc(O)c2c(c1)OC(C)(C)[C@@H]1CCC(C)=C(CO)[C@@H]21. The van der Waals surface area contributed by atoms with Crippen molar-refractivity contribution in [2.45, 2.75) is 77.7 Å². The zero-order valence-electron chi connectivity index (χ0n) is 16.1. The zero-order valence-corrected chi connectivity index (χ0v) is 16.1. The van der Waals surface area contributed by atoms with Crippen molar-refractivity contribution in [1.82, 2.24) is 0 Å². The predicted octanol–water partition coefficient (Wildman–Crippen LogP) is 5.10. The summed E-state index contributed by atoms with van der Waals surface area (Å²) in [5.41, 5.74) is 4.06. The van der Waals surface area contributed by atoms with Crippen LogP contribution in [-0.2, 0) is 6.42 Å². The van der Waals surface area contributed by atoms with Gasteiger partial charge in [-0.2, -0.15) is 0 Å². The number of hydrogen-bond acceptors (Lipinski definition) is 3. The first-order valence-corrected chi connectivity index (χ1v) is 9.73. The molecule has 0 bridgehead atoms. The average Bonchev–Trinajstić information content (AvgIpc) is 2.53. The van der Waals surface area contributed by atoms with Crippen molar-refractivity contribution in [2.75, 3.05) is 6.61 Å². The number of allylic oxidation sites excluding steroid dienone is 1. The van der Waals surface area contributed by atoms with E-state index in [1.165, 1.54) is 18.4 Å². The molecule has 0 spiro atoms. The quantitative estimate of drug-likeness (QED) is 0.577. The van der Waals surface area contributed by atoms with E-state index in [2.05, 4.69) is 33.8 Å². The van der Waals surface area contributed by atoms with Crippen LogP contribution in [0.5, 0.6) is 11.5 Å². The number of aryl methyl sites for hydroxylation is 1. The van der Waals surface area contributed by atoms with Crippen LogP contribution >= 0.6 is 0 Å². The first-order valence-electron chi connectivity index (χ1n) is 9.73. The molecule has 1 heterocycles. The summed E-state index contributed by atoms with van der Waals surface area (Å²) in [6.07, 6.45) is 6.51. The summed E-state index contributed by atoms with van der Waals surface area (Å²) in [5.74, 6) is 1.47. The van der Waals surface area contributed by atoms with Crippen molar-refractivity contribution >= 4 is 0 Å². The van der Waals surface area contributed by atoms with Crippen LogP contribution in [0.2, 0.25) is 0 Å². The Morgan fingerprint density at radius 3 is 2.68 bits per heavy atom. The third kappa shape index (κ3) is 3.31. The molecule has 1 aliphatic carbocycles. The van der Waals surface area contributed by atoms with E-state index in [0.717, 1.165) is 48.1 Å². The molecule has 3 nitrogen and oxygen atoms in total. The monoisotopic (exact) mass is 344 g/mol. The summed E-state index contributed by atoms with van der Waals surface area (Å²) in [7, 11) is 0. The van der Waals surface area contributed by atoms with Gasteiger partial charge in [0, 0.05) is 17.4 Å². The number of aromatic hydroxyl groups is 1. The van der Waals surface area contributed by atoms with Crippen molar-refractivity contribution in [3.05, 3.63) is 34.4 Å². The smallest absolute Gasteiger partial charge is 0.127 e. The molecule has 1 aliphatic heterocycles. The van der Waals surface area contributed by atoms with Gasteiger partial charge in [0.15, 0.2) is 0 Å². The molecule has 0 saturated heterocycles. The molecule has 1 aromatic carbocycles. The minimum absolute atomic E-state index is 0.0558. The highest BCUT2D eigenvalue weighted by Crippen LogP contribution is 2.56. The second-order valence-corrected chi connectivity index (χ2v) is 8.28. The number of aliphatic hydroxyl groups is 1. The number of rotatable bonds is 5. The second kappa shape index (κ2) is 7.03. The van der Waals surface area contributed by atoms with Gasteiger partial charge < -0.3 is 14.9 Å². The van der Waals surface area contributed by atoms with Crippen LogP contribution in [-0.4, -0.2) is 22.4 Å². The Kier molecular flexibility index (Phi) is 5.15. The van der Waals surface area contributed by atoms with Gasteiger partial charge in [-0.25, -0.2) is 0 Å². The van der Waals surface area contributed by atoms with E-state index in [-0.39, 0.29) is 24.0 Å². The van der Waals surface area contributed by atoms with Gasteiger partial charge in [0.25, 0.3) is 0 Å². The summed E-state index contributed by atoms with van der Waals surface area (Å²) in [4.78, 5) is 0. The number of ether oxygens (including phenoxy) is 1. The fraction of sp³-hybridized carbons (Fsp3) is 0.636. The van der Waals surface area contributed by atoms with Crippen LogP contribution in [0.15, 0.2) is 23.3 Å². The largest absolute Gasteiger partial charge is 0.507 e. The molecule has 0 aromatic heterocycles. The van der Waals surface area contributed by atoms with Crippen molar-refractivity contribution in [1.29, 1.82) is 0 Å². The summed E-state index contributed by atoms with van der Waals surface area (Å²) in [6, 6.07) is 4.02. The Labute approximate surface area is 151 Å². The molecule has 0 radical (unpaired) electrons. The first kappa shape index (κ1) is 18.3. The van der Waals surface area contributed by atoms with Gasteiger partial charge in [0.2, 0.25) is 0 Å². The van der Waals surface area contributed by atoms with Crippen LogP contribution in [0.25, 0.3) is 0 Å². The lowest BCUT2D eigenvalue weighted by molar-refractivity contribution is 0.00626. The molecule has 138 valence electrons. The number of phenols is 1. The van der Waals surface area contributed by atoms with E-state index in [1.54, 1.807) is 0 Å². The zero-order chi connectivity index (χ0) is 18.2. The molecule has 25 heavy (non-hydrogen) atoms. The number of benzene rings is 1. The van der Waals surface area contributed by atoms with Gasteiger partial charge in [-0.15, -0.1) is 0 Å². The predicted molar refractivity (Wildman–Crippen MR) is 101 cm³/mol. The molecule has 3 rings (SSSR count). The van der Waals surface area contributed by atoms with Gasteiger partial charge in [0.05, 0.1) is 6.61 Å². The van der Waals surface area contributed by atoms with E-state index in [9.17, 15) is 10.2 Å². The fourth-order valence-electron chi connectivity index (χ4n) is 4.71. The van der Waals surface area contributed by atoms with Gasteiger partial charge >= 0.3 is 0 Å². The number of hydrogen-bond donors (Lipinski definition) is 2. The molecular weight excluding hydrogens is 312 g/mol. The first-order chi connectivity index (χ1) is 11.9. The summed E-state index contributed by atoms with van der Waals surface area (Å²) in [5, 5.41) is 20.8. The van der Waals surface area contributed by atoms with Gasteiger partial charge in [-0.05, 0) is 69.7 Å². The lowest BCUT2D eigenvalue weighted by Gasteiger charge is -2.48. The van der Waals surface area contributed by atoms with E-state index in [1.807, 2.05) is 6.07 Å². The van der Waals surface area contributed by atoms with Crippen LogP contribution in [0.4, 0.5) is 0 Å². The molecule has 0 saturated carbocycles. The Morgan fingerprint density at radius 2 is 2.00 bits per heavy atom. The summed E-state index contributed by atoms with van der Waals surface area (Å²) < 4.78 is 6.38. The maximum atomic E-state index is 10.8. The molecule has 2 aliphatic rings. The maximum absolute atomic E-state index is 10.8.